The van der Waals surface area contributed by atoms with Crippen LogP contribution < -0.4 is 0 Å². The molecular weight excluding hydrogens is 236 g/mol. The van der Waals surface area contributed by atoms with E-state index in [1.54, 1.807) is 6.20 Å². The molecule has 1 aromatic heterocycles. The maximum absolute atomic E-state index is 11.4. The molecule has 0 spiro atoms. The summed E-state index contributed by atoms with van der Waals surface area (Å²) in [5, 5.41) is -0.146. The van der Waals surface area contributed by atoms with Gasteiger partial charge in [0.05, 0.1) is 5.25 Å². The normalized spacial score (nSPS) is 19.4. The Morgan fingerprint density at radius 1 is 1.41 bits per heavy atom. The number of nitrogens with zero attached hydrogens (tertiary/aromatic N) is 2. The Kier molecular flexibility index (Phi) is 3.79. The number of hydrogen-bond donors (Lipinski definition) is 0. The molecule has 94 valence electrons. The lowest BCUT2D eigenvalue weighted by molar-refractivity contribution is 0.222. The number of piperidine rings is 1. The first-order valence-corrected chi connectivity index (χ1v) is 7.81. The van der Waals surface area contributed by atoms with Gasteiger partial charge < -0.3 is 0 Å². The van der Waals surface area contributed by atoms with Crippen LogP contribution in [0.2, 0.25) is 0 Å². The number of aromatic nitrogens is 1. The molecule has 0 unspecified atom stereocenters. The highest BCUT2D eigenvalue weighted by Crippen LogP contribution is 2.18. The van der Waals surface area contributed by atoms with Crippen LogP contribution in [0.1, 0.15) is 18.4 Å². The molecule has 0 amide bonds. The molecule has 1 aliphatic rings. The molecular formula is C12H18N2O2S. The molecule has 4 nitrogen and oxygen atoms in total. The minimum atomic E-state index is -2.86. The van der Waals surface area contributed by atoms with E-state index in [1.165, 1.54) is 11.8 Å². The van der Waals surface area contributed by atoms with Gasteiger partial charge in [0.15, 0.2) is 0 Å². The zero-order valence-corrected chi connectivity index (χ0v) is 10.9. The van der Waals surface area contributed by atoms with Crippen molar-refractivity contribution in [1.82, 2.24) is 9.88 Å². The summed E-state index contributed by atoms with van der Waals surface area (Å²) in [6.45, 7) is 2.57. The van der Waals surface area contributed by atoms with Crippen LogP contribution >= 0.6 is 0 Å². The topological polar surface area (TPSA) is 50.3 Å². The van der Waals surface area contributed by atoms with E-state index in [-0.39, 0.29) is 5.25 Å². The second-order valence-corrected chi connectivity index (χ2v) is 6.99. The molecule has 2 rings (SSSR count). The van der Waals surface area contributed by atoms with E-state index in [1.807, 2.05) is 12.3 Å². The molecule has 0 saturated carbocycles. The van der Waals surface area contributed by atoms with Crippen molar-refractivity contribution in [1.29, 1.82) is 0 Å². The van der Waals surface area contributed by atoms with Crippen molar-refractivity contribution in [3.8, 4) is 0 Å². The average Bonchev–Trinajstić information content (AvgIpc) is 2.30. The van der Waals surface area contributed by atoms with Gasteiger partial charge in [-0.2, -0.15) is 0 Å². The highest BCUT2D eigenvalue weighted by atomic mass is 32.2. The van der Waals surface area contributed by atoms with Crippen LogP contribution in [-0.4, -0.2) is 42.9 Å². The Balaban J connectivity index is 1.88. The van der Waals surface area contributed by atoms with Crippen molar-refractivity contribution in [2.75, 3.05) is 19.3 Å². The van der Waals surface area contributed by atoms with Gasteiger partial charge in [0.25, 0.3) is 0 Å². The second kappa shape index (κ2) is 5.14. The molecule has 1 aliphatic heterocycles. The fourth-order valence-electron chi connectivity index (χ4n) is 2.25. The van der Waals surface area contributed by atoms with Crippen molar-refractivity contribution >= 4 is 9.84 Å². The van der Waals surface area contributed by atoms with E-state index >= 15 is 0 Å². The van der Waals surface area contributed by atoms with Gasteiger partial charge >= 0.3 is 0 Å². The lowest BCUT2D eigenvalue weighted by Crippen LogP contribution is -2.38. The molecule has 0 atom stereocenters. The quantitative estimate of drug-likeness (QED) is 0.810. The summed E-state index contributed by atoms with van der Waals surface area (Å²) < 4.78 is 22.8. The van der Waals surface area contributed by atoms with E-state index in [2.05, 4.69) is 16.0 Å². The molecule has 1 aromatic rings. The molecule has 5 heteroatoms. The number of pyridine rings is 1. The minimum Gasteiger partial charge on any atom is -0.299 e. The first-order chi connectivity index (χ1) is 8.05. The lowest BCUT2D eigenvalue weighted by atomic mass is 10.1. The smallest absolute Gasteiger partial charge is 0.150 e. The number of likely N-dealkylation sites (tertiary alicyclic amines) is 1. The standard InChI is InChI=1S/C12H18N2O2S/c1-17(15,16)12-4-7-14(8-5-12)10-11-3-2-6-13-9-11/h2-3,6,9,12H,4-5,7-8,10H2,1H3. The highest BCUT2D eigenvalue weighted by Gasteiger charge is 2.26. The van der Waals surface area contributed by atoms with Gasteiger partial charge in [-0.3, -0.25) is 9.88 Å². The second-order valence-electron chi connectivity index (χ2n) is 4.67. The Hall–Kier alpha value is -0.940. The molecule has 2 heterocycles. The Labute approximate surface area is 103 Å². The van der Waals surface area contributed by atoms with Crippen molar-refractivity contribution in [3.63, 3.8) is 0 Å². The van der Waals surface area contributed by atoms with E-state index < -0.39 is 9.84 Å². The Bertz CT molecular complexity index is 451. The summed E-state index contributed by atoms with van der Waals surface area (Å²) in [5.74, 6) is 0. The SMILES string of the molecule is CS(=O)(=O)C1CCN(Cc2cccnc2)CC1. The summed E-state index contributed by atoms with van der Waals surface area (Å²) in [7, 11) is -2.86. The summed E-state index contributed by atoms with van der Waals surface area (Å²) in [4.78, 5) is 6.37. The van der Waals surface area contributed by atoms with Crippen LogP contribution in [0.4, 0.5) is 0 Å². The van der Waals surface area contributed by atoms with Gasteiger partial charge in [-0.15, -0.1) is 0 Å². The Morgan fingerprint density at radius 2 is 2.12 bits per heavy atom. The first kappa shape index (κ1) is 12.5. The minimum absolute atomic E-state index is 0.146. The summed E-state index contributed by atoms with van der Waals surface area (Å²) >= 11 is 0. The van der Waals surface area contributed by atoms with Crippen LogP contribution in [-0.2, 0) is 16.4 Å². The van der Waals surface area contributed by atoms with Gasteiger partial charge in [0, 0.05) is 25.2 Å². The summed E-state index contributed by atoms with van der Waals surface area (Å²) in [5.41, 5.74) is 1.19. The highest BCUT2D eigenvalue weighted by molar-refractivity contribution is 7.91. The molecule has 1 fully saturated rings. The number of rotatable bonds is 3. The van der Waals surface area contributed by atoms with Crippen LogP contribution in [0, 0.1) is 0 Å². The monoisotopic (exact) mass is 254 g/mol. The predicted molar refractivity (Wildman–Crippen MR) is 67.4 cm³/mol. The molecule has 0 aromatic carbocycles. The van der Waals surface area contributed by atoms with Gasteiger partial charge in [0.1, 0.15) is 9.84 Å². The number of sulfone groups is 1. The van der Waals surface area contributed by atoms with Crippen LogP contribution in [0.25, 0.3) is 0 Å². The van der Waals surface area contributed by atoms with E-state index in [0.29, 0.717) is 0 Å². The lowest BCUT2D eigenvalue weighted by Gasteiger charge is -2.30. The van der Waals surface area contributed by atoms with Crippen LogP contribution in [0.5, 0.6) is 0 Å². The summed E-state index contributed by atoms with van der Waals surface area (Å²) in [6.07, 6.45) is 6.47. The van der Waals surface area contributed by atoms with Crippen LogP contribution in [0.15, 0.2) is 24.5 Å². The zero-order chi connectivity index (χ0) is 12.3. The zero-order valence-electron chi connectivity index (χ0n) is 10.0. The largest absolute Gasteiger partial charge is 0.299 e. The fraction of sp³-hybridized carbons (Fsp3) is 0.583. The van der Waals surface area contributed by atoms with Crippen molar-refractivity contribution < 1.29 is 8.42 Å². The molecule has 0 N–H and O–H groups in total. The van der Waals surface area contributed by atoms with E-state index in [4.69, 9.17) is 0 Å². The third-order valence-electron chi connectivity index (χ3n) is 3.27. The predicted octanol–water partition coefficient (Wildman–Crippen LogP) is 1.09. The number of hydrogen-bond acceptors (Lipinski definition) is 4. The van der Waals surface area contributed by atoms with Crippen LogP contribution in [0.3, 0.4) is 0 Å². The first-order valence-electron chi connectivity index (χ1n) is 5.86. The molecule has 0 bridgehead atoms. The summed E-state index contributed by atoms with van der Waals surface area (Å²) in [6, 6.07) is 3.98. The van der Waals surface area contributed by atoms with E-state index in [9.17, 15) is 8.42 Å². The van der Waals surface area contributed by atoms with Crippen molar-refractivity contribution in [2.24, 2.45) is 0 Å². The van der Waals surface area contributed by atoms with Gasteiger partial charge in [-0.25, -0.2) is 8.42 Å². The molecule has 1 saturated heterocycles. The van der Waals surface area contributed by atoms with Gasteiger partial charge in [0.2, 0.25) is 0 Å². The molecule has 17 heavy (non-hydrogen) atoms. The maximum Gasteiger partial charge on any atom is 0.150 e. The van der Waals surface area contributed by atoms with Crippen molar-refractivity contribution in [2.45, 2.75) is 24.6 Å². The van der Waals surface area contributed by atoms with Gasteiger partial charge in [-0.05, 0) is 37.6 Å². The fourth-order valence-corrected chi connectivity index (χ4v) is 3.31. The maximum atomic E-state index is 11.4. The average molecular weight is 254 g/mol. The Morgan fingerprint density at radius 3 is 2.65 bits per heavy atom. The third kappa shape index (κ3) is 3.51. The van der Waals surface area contributed by atoms with Gasteiger partial charge in [-0.1, -0.05) is 6.07 Å². The van der Waals surface area contributed by atoms with Crippen molar-refractivity contribution in [3.05, 3.63) is 30.1 Å². The third-order valence-corrected chi connectivity index (χ3v) is 4.95. The molecule has 0 aliphatic carbocycles. The molecule has 0 radical (unpaired) electrons. The van der Waals surface area contributed by atoms with E-state index in [0.717, 1.165) is 32.5 Å².